The van der Waals surface area contributed by atoms with Gasteiger partial charge in [0.05, 0.1) is 0 Å². The Morgan fingerprint density at radius 1 is 1.16 bits per heavy atom. The summed E-state index contributed by atoms with van der Waals surface area (Å²) in [6.07, 6.45) is 4.02. The number of nitrogens with one attached hydrogen (secondary N) is 1. The Bertz CT molecular complexity index is 475. The van der Waals surface area contributed by atoms with E-state index < -0.39 is 5.82 Å². The summed E-state index contributed by atoms with van der Waals surface area (Å²) in [6, 6.07) is 3.90. The van der Waals surface area contributed by atoms with Gasteiger partial charge >= 0.3 is 0 Å². The number of hydrogen-bond acceptors (Lipinski definition) is 2. The number of fused-ring (bicyclic) bond motifs is 2. The second-order valence-corrected chi connectivity index (χ2v) is 5.78. The van der Waals surface area contributed by atoms with Crippen LogP contribution in [0.2, 0.25) is 0 Å². The normalized spacial score (nSPS) is 29.9. The molecule has 0 radical (unpaired) electrons. The highest BCUT2D eigenvalue weighted by molar-refractivity contribution is 5.55. The van der Waals surface area contributed by atoms with E-state index in [1.165, 1.54) is 12.1 Å². The van der Waals surface area contributed by atoms with Gasteiger partial charge in [0, 0.05) is 18.1 Å². The van der Waals surface area contributed by atoms with E-state index in [1.54, 1.807) is 6.92 Å². The van der Waals surface area contributed by atoms with Gasteiger partial charge in [0.25, 0.3) is 0 Å². The first-order valence-electron chi connectivity index (χ1n) is 7.02. The number of halogens is 2. The lowest BCUT2D eigenvalue weighted by Gasteiger charge is -2.40. The maximum absolute atomic E-state index is 14.3. The van der Waals surface area contributed by atoms with Crippen molar-refractivity contribution in [1.82, 2.24) is 5.32 Å². The summed E-state index contributed by atoms with van der Waals surface area (Å²) in [5, 5.41) is 3.30. The second kappa shape index (κ2) is 4.75. The van der Waals surface area contributed by atoms with E-state index in [9.17, 15) is 8.78 Å². The number of piperidine rings is 1. The van der Waals surface area contributed by atoms with E-state index in [-0.39, 0.29) is 23.6 Å². The van der Waals surface area contributed by atoms with Crippen LogP contribution in [0.1, 0.15) is 31.2 Å². The monoisotopic (exact) mass is 266 g/mol. The molecule has 0 aromatic heterocycles. The van der Waals surface area contributed by atoms with Crippen LogP contribution in [-0.2, 0) is 0 Å². The van der Waals surface area contributed by atoms with E-state index in [2.05, 4.69) is 5.32 Å². The lowest BCUT2D eigenvalue weighted by molar-refractivity contribution is 0.366. The van der Waals surface area contributed by atoms with Gasteiger partial charge in [0.2, 0.25) is 0 Å². The predicted octanol–water partition coefficient (Wildman–Crippen LogP) is 2.99. The van der Waals surface area contributed by atoms with Crippen LogP contribution in [0.15, 0.2) is 12.1 Å². The van der Waals surface area contributed by atoms with Crippen molar-refractivity contribution < 1.29 is 8.78 Å². The Morgan fingerprint density at radius 3 is 2.37 bits per heavy atom. The van der Waals surface area contributed by atoms with Crippen molar-refractivity contribution in [3.8, 4) is 0 Å². The molecule has 2 unspecified atom stereocenters. The summed E-state index contributed by atoms with van der Waals surface area (Å²) < 4.78 is 28.4. The fourth-order valence-corrected chi connectivity index (χ4v) is 3.66. The van der Waals surface area contributed by atoms with Gasteiger partial charge in [-0.3, -0.25) is 0 Å². The fraction of sp³-hybridized carbons (Fsp3) is 0.600. The zero-order chi connectivity index (χ0) is 13.6. The molecule has 0 amide bonds. The summed E-state index contributed by atoms with van der Waals surface area (Å²) in [5.41, 5.74) is 0.716. The van der Waals surface area contributed by atoms with Crippen LogP contribution in [0.5, 0.6) is 0 Å². The Kier molecular flexibility index (Phi) is 3.21. The van der Waals surface area contributed by atoms with Crippen LogP contribution in [0.25, 0.3) is 0 Å². The molecule has 0 saturated carbocycles. The first-order valence-corrected chi connectivity index (χ1v) is 7.02. The van der Waals surface area contributed by atoms with E-state index in [0.29, 0.717) is 11.6 Å². The first-order chi connectivity index (χ1) is 9.11. The zero-order valence-electron chi connectivity index (χ0n) is 11.4. The summed E-state index contributed by atoms with van der Waals surface area (Å²) in [5.74, 6) is -0.817. The molecule has 104 valence electrons. The summed E-state index contributed by atoms with van der Waals surface area (Å²) in [6.45, 7) is 1.69. The number of hydrogen-bond donors (Lipinski definition) is 1. The third-order valence-corrected chi connectivity index (χ3v) is 4.66. The van der Waals surface area contributed by atoms with Gasteiger partial charge < -0.3 is 10.2 Å². The van der Waals surface area contributed by atoms with Crippen LogP contribution in [0.3, 0.4) is 0 Å². The minimum atomic E-state index is -0.428. The van der Waals surface area contributed by atoms with Gasteiger partial charge in [-0.2, -0.15) is 0 Å². The quantitative estimate of drug-likeness (QED) is 0.885. The van der Waals surface area contributed by atoms with Crippen molar-refractivity contribution in [3.63, 3.8) is 0 Å². The molecule has 0 aliphatic carbocycles. The molecule has 1 aromatic carbocycles. The van der Waals surface area contributed by atoms with Gasteiger partial charge in [-0.25, -0.2) is 8.78 Å². The first kappa shape index (κ1) is 12.9. The average molecular weight is 266 g/mol. The van der Waals surface area contributed by atoms with Crippen molar-refractivity contribution in [2.75, 3.05) is 11.9 Å². The van der Waals surface area contributed by atoms with Crippen molar-refractivity contribution in [3.05, 3.63) is 29.3 Å². The minimum Gasteiger partial charge on any atom is -0.361 e. The molecular formula is C15H20F2N2. The standard InChI is InChI=1S/C15H20F2N2/c1-9-3-6-13(16)15(14(9)17)19-11-4-5-12(19)8-10(7-11)18-2/h3,6,10-12,18H,4-5,7-8H2,1-2H3. The van der Waals surface area contributed by atoms with Crippen molar-refractivity contribution in [2.24, 2.45) is 0 Å². The molecule has 2 aliphatic rings. The van der Waals surface area contributed by atoms with Crippen LogP contribution in [0, 0.1) is 18.6 Å². The van der Waals surface area contributed by atoms with Gasteiger partial charge in [-0.05, 0) is 51.3 Å². The molecule has 2 bridgehead atoms. The second-order valence-electron chi connectivity index (χ2n) is 5.78. The van der Waals surface area contributed by atoms with Gasteiger partial charge in [0.15, 0.2) is 5.82 Å². The van der Waals surface area contributed by atoms with E-state index >= 15 is 0 Å². The van der Waals surface area contributed by atoms with Crippen LogP contribution >= 0.6 is 0 Å². The maximum Gasteiger partial charge on any atom is 0.152 e. The lowest BCUT2D eigenvalue weighted by atomic mass is 9.96. The predicted molar refractivity (Wildman–Crippen MR) is 72.5 cm³/mol. The van der Waals surface area contributed by atoms with Crippen LogP contribution in [0.4, 0.5) is 14.5 Å². The molecule has 19 heavy (non-hydrogen) atoms. The number of anilines is 1. The number of rotatable bonds is 2. The summed E-state index contributed by atoms with van der Waals surface area (Å²) in [7, 11) is 1.97. The number of benzene rings is 1. The van der Waals surface area contributed by atoms with E-state index in [1.807, 2.05) is 11.9 Å². The Morgan fingerprint density at radius 2 is 1.79 bits per heavy atom. The topological polar surface area (TPSA) is 15.3 Å². The third-order valence-electron chi connectivity index (χ3n) is 4.66. The van der Waals surface area contributed by atoms with Crippen molar-refractivity contribution in [2.45, 2.75) is 50.7 Å². The van der Waals surface area contributed by atoms with Gasteiger partial charge in [-0.15, -0.1) is 0 Å². The number of nitrogens with zero attached hydrogens (tertiary/aromatic N) is 1. The minimum absolute atomic E-state index is 0.196. The van der Waals surface area contributed by atoms with Gasteiger partial charge in [-0.1, -0.05) is 6.07 Å². The molecule has 2 heterocycles. The Balaban J connectivity index is 1.98. The molecule has 2 fully saturated rings. The van der Waals surface area contributed by atoms with E-state index in [4.69, 9.17) is 0 Å². The third kappa shape index (κ3) is 2.02. The lowest BCUT2D eigenvalue weighted by Crippen LogP contribution is -2.49. The van der Waals surface area contributed by atoms with Crippen molar-refractivity contribution in [1.29, 1.82) is 0 Å². The molecule has 3 rings (SSSR count). The highest BCUT2D eigenvalue weighted by atomic mass is 19.1. The maximum atomic E-state index is 14.3. The van der Waals surface area contributed by atoms with Gasteiger partial charge in [0.1, 0.15) is 11.5 Å². The Labute approximate surface area is 112 Å². The van der Waals surface area contributed by atoms with Crippen LogP contribution in [-0.4, -0.2) is 25.2 Å². The largest absolute Gasteiger partial charge is 0.361 e. The molecule has 2 atom stereocenters. The fourth-order valence-electron chi connectivity index (χ4n) is 3.66. The molecule has 2 aliphatic heterocycles. The summed E-state index contributed by atoms with van der Waals surface area (Å²) >= 11 is 0. The molecular weight excluding hydrogens is 246 g/mol. The highest BCUT2D eigenvalue weighted by Crippen LogP contribution is 2.41. The highest BCUT2D eigenvalue weighted by Gasteiger charge is 2.42. The zero-order valence-corrected chi connectivity index (χ0v) is 11.4. The average Bonchev–Trinajstić information content (AvgIpc) is 2.66. The molecule has 2 saturated heterocycles. The van der Waals surface area contributed by atoms with Crippen molar-refractivity contribution >= 4 is 5.69 Å². The van der Waals surface area contributed by atoms with Crippen LogP contribution < -0.4 is 10.2 Å². The number of aryl methyl sites for hydroxylation is 1. The molecule has 2 nitrogen and oxygen atoms in total. The Hall–Kier alpha value is -1.16. The molecule has 1 aromatic rings. The summed E-state index contributed by atoms with van der Waals surface area (Å²) in [4.78, 5) is 2.01. The SMILES string of the molecule is CNC1CC2CCC(C1)N2c1c(F)ccc(C)c1F. The van der Waals surface area contributed by atoms with E-state index in [0.717, 1.165) is 25.7 Å². The smallest absolute Gasteiger partial charge is 0.152 e. The molecule has 0 spiro atoms. The molecule has 4 heteroatoms. The molecule has 1 N–H and O–H groups in total.